The first kappa shape index (κ1) is 31.7. The molecule has 0 aliphatic rings. The second kappa shape index (κ2) is 13.0. The van der Waals surface area contributed by atoms with Crippen LogP contribution in [0.5, 0.6) is 0 Å². The van der Waals surface area contributed by atoms with Crippen LogP contribution in [0.25, 0.3) is 106 Å². The second-order valence-corrected chi connectivity index (χ2v) is 13.7. The molecule has 0 spiro atoms. The lowest BCUT2D eigenvalue weighted by Gasteiger charge is -2.11. The lowest BCUT2D eigenvalue weighted by Crippen LogP contribution is -2.01. The van der Waals surface area contributed by atoms with Crippen molar-refractivity contribution < 1.29 is 4.42 Å². The minimum Gasteiger partial charge on any atom is -0.437 e. The van der Waals surface area contributed by atoms with E-state index in [1.165, 1.54) is 0 Å². The van der Waals surface area contributed by atoms with Crippen LogP contribution in [0.4, 0.5) is 0 Å². The smallest absolute Gasteiger partial charge is 0.231 e. The third-order valence-electron chi connectivity index (χ3n) is 10.3. The van der Waals surface area contributed by atoms with E-state index in [0.717, 1.165) is 77.4 Å². The topological polar surface area (TPSA) is 82.5 Å². The van der Waals surface area contributed by atoms with Gasteiger partial charge >= 0.3 is 0 Å². The molecule has 7 nitrogen and oxygen atoms in total. The Kier molecular flexibility index (Phi) is 7.35. The molecular formula is C49H30N6O. The van der Waals surface area contributed by atoms with E-state index in [0.29, 0.717) is 29.0 Å². The minimum atomic E-state index is 0.553. The molecule has 0 unspecified atom stereocenters. The zero-order valence-electron chi connectivity index (χ0n) is 29.9. The number of para-hydroxylation sites is 1. The van der Waals surface area contributed by atoms with Crippen LogP contribution >= 0.6 is 0 Å². The van der Waals surface area contributed by atoms with Crippen molar-refractivity contribution in [2.75, 3.05) is 0 Å². The van der Waals surface area contributed by atoms with Crippen molar-refractivity contribution in [3.05, 3.63) is 182 Å². The maximum atomic E-state index is 6.86. The van der Waals surface area contributed by atoms with E-state index in [4.69, 9.17) is 29.3 Å². The largest absolute Gasteiger partial charge is 0.437 e. The van der Waals surface area contributed by atoms with Crippen molar-refractivity contribution >= 4 is 43.9 Å². The molecule has 7 aromatic carbocycles. The number of aromatic nitrogens is 6. The van der Waals surface area contributed by atoms with E-state index in [2.05, 4.69) is 77.4 Å². The zero-order chi connectivity index (χ0) is 37.0. The number of hydrogen-bond acceptors (Lipinski definition) is 6. The van der Waals surface area contributed by atoms with E-state index in [9.17, 15) is 0 Å². The highest BCUT2D eigenvalue weighted by Crippen LogP contribution is 2.43. The average molecular weight is 719 g/mol. The van der Waals surface area contributed by atoms with Gasteiger partial charge in [0.05, 0.1) is 27.5 Å². The quantitative estimate of drug-likeness (QED) is 0.170. The van der Waals surface area contributed by atoms with Crippen molar-refractivity contribution in [1.82, 2.24) is 29.5 Å². The summed E-state index contributed by atoms with van der Waals surface area (Å²) in [4.78, 5) is 25.1. The van der Waals surface area contributed by atoms with E-state index in [-0.39, 0.29) is 0 Å². The lowest BCUT2D eigenvalue weighted by molar-refractivity contribution is 0.657. The Balaban J connectivity index is 1.13. The summed E-state index contributed by atoms with van der Waals surface area (Å²) < 4.78 is 9.15. The summed E-state index contributed by atoms with van der Waals surface area (Å²) in [6.45, 7) is 0. The monoisotopic (exact) mass is 718 g/mol. The van der Waals surface area contributed by atoms with Gasteiger partial charge in [-0.1, -0.05) is 152 Å². The van der Waals surface area contributed by atoms with Crippen molar-refractivity contribution in [2.45, 2.75) is 0 Å². The van der Waals surface area contributed by atoms with Crippen molar-refractivity contribution in [1.29, 1.82) is 0 Å². The molecule has 0 N–H and O–H groups in total. The third kappa shape index (κ3) is 5.25. The van der Waals surface area contributed by atoms with E-state index in [1.54, 1.807) is 0 Å². The molecule has 0 saturated heterocycles. The van der Waals surface area contributed by atoms with Gasteiger partial charge in [-0.2, -0.15) is 4.98 Å². The number of furan rings is 1. The van der Waals surface area contributed by atoms with E-state index < -0.39 is 0 Å². The molecule has 0 atom stereocenters. The van der Waals surface area contributed by atoms with Gasteiger partial charge in [0, 0.05) is 44.3 Å². The molecule has 11 rings (SSSR count). The van der Waals surface area contributed by atoms with Gasteiger partial charge in [-0.25, -0.2) is 19.9 Å². The highest BCUT2D eigenvalue weighted by molar-refractivity contribution is 6.25. The number of rotatable bonds is 6. The van der Waals surface area contributed by atoms with E-state index >= 15 is 0 Å². The Bertz CT molecular complexity index is 3170. The van der Waals surface area contributed by atoms with Crippen LogP contribution in [0.3, 0.4) is 0 Å². The Morgan fingerprint density at radius 2 is 0.875 bits per heavy atom. The van der Waals surface area contributed by atoms with Crippen LogP contribution in [-0.4, -0.2) is 29.5 Å². The molecule has 0 aliphatic carbocycles. The second-order valence-electron chi connectivity index (χ2n) is 13.7. The number of benzene rings is 7. The van der Waals surface area contributed by atoms with Crippen LogP contribution in [0.15, 0.2) is 186 Å². The number of nitrogens with zero attached hydrogens (tertiary/aromatic N) is 6. The summed E-state index contributed by atoms with van der Waals surface area (Å²) in [5, 5.41) is 3.95. The van der Waals surface area contributed by atoms with Crippen LogP contribution < -0.4 is 0 Å². The Morgan fingerprint density at radius 3 is 1.50 bits per heavy atom. The summed E-state index contributed by atoms with van der Waals surface area (Å²) >= 11 is 0. The summed E-state index contributed by atoms with van der Waals surface area (Å²) in [5.41, 5.74) is 9.88. The first-order chi connectivity index (χ1) is 27.8. The Morgan fingerprint density at radius 1 is 0.357 bits per heavy atom. The fourth-order valence-electron chi connectivity index (χ4n) is 7.71. The molecule has 0 fully saturated rings. The lowest BCUT2D eigenvalue weighted by atomic mass is 10.0. The molecule has 0 bridgehead atoms. The molecule has 0 amide bonds. The summed E-state index contributed by atoms with van der Waals surface area (Å²) in [5.74, 6) is 2.46. The standard InChI is InChI=1S/C49H30N6O/c1-5-16-31(17-6-1)43-42-38-28-29-40-41(44(38)56-49(42)54-45(50-43)32-18-7-2-8-19-32)37-26-13-14-27-39(37)55(40)36-25-15-24-35(30-36)48-52-46(33-20-9-3-10-21-33)51-47(53-48)34-22-11-4-12-23-34/h1-30H. The van der Waals surface area contributed by atoms with Crippen molar-refractivity contribution in [3.63, 3.8) is 0 Å². The molecule has 4 heterocycles. The fraction of sp³-hybridized carbons (Fsp3) is 0. The molecule has 56 heavy (non-hydrogen) atoms. The molecule has 0 saturated carbocycles. The Hall–Kier alpha value is -7.77. The van der Waals surface area contributed by atoms with Gasteiger partial charge in [-0.3, -0.25) is 0 Å². The SMILES string of the molecule is c1ccc(-c2nc(-c3ccccc3)nc(-c3cccc(-n4c5ccccc5c5c6oc7nc(-c8ccccc8)nc(-c8ccccc8)c7c6ccc54)c3)n2)cc1. The molecule has 262 valence electrons. The maximum absolute atomic E-state index is 6.86. The first-order valence-corrected chi connectivity index (χ1v) is 18.5. The van der Waals surface area contributed by atoms with Gasteiger partial charge < -0.3 is 8.98 Å². The zero-order valence-corrected chi connectivity index (χ0v) is 29.9. The normalized spacial score (nSPS) is 11.6. The van der Waals surface area contributed by atoms with Gasteiger partial charge in [0.2, 0.25) is 5.71 Å². The van der Waals surface area contributed by atoms with E-state index in [1.807, 2.05) is 109 Å². The predicted molar refractivity (Wildman–Crippen MR) is 224 cm³/mol. The van der Waals surface area contributed by atoms with Crippen molar-refractivity contribution in [2.24, 2.45) is 0 Å². The number of fused-ring (bicyclic) bond motifs is 7. The van der Waals surface area contributed by atoms with Gasteiger partial charge in [-0.15, -0.1) is 0 Å². The highest BCUT2D eigenvalue weighted by Gasteiger charge is 2.23. The molecular weight excluding hydrogens is 689 g/mol. The van der Waals surface area contributed by atoms with Crippen molar-refractivity contribution in [3.8, 4) is 62.5 Å². The highest BCUT2D eigenvalue weighted by atomic mass is 16.3. The molecule has 11 aromatic rings. The molecule has 4 aromatic heterocycles. The maximum Gasteiger partial charge on any atom is 0.231 e. The van der Waals surface area contributed by atoms with Crippen LogP contribution in [0.2, 0.25) is 0 Å². The third-order valence-corrected chi connectivity index (χ3v) is 10.3. The van der Waals surface area contributed by atoms with Gasteiger partial charge in [-0.05, 0) is 30.3 Å². The molecule has 7 heteroatoms. The first-order valence-electron chi connectivity index (χ1n) is 18.5. The average Bonchev–Trinajstić information content (AvgIpc) is 3.83. The van der Waals surface area contributed by atoms with Gasteiger partial charge in [0.15, 0.2) is 23.3 Å². The minimum absolute atomic E-state index is 0.553. The molecule has 0 radical (unpaired) electrons. The van der Waals surface area contributed by atoms with Gasteiger partial charge in [0.25, 0.3) is 0 Å². The molecule has 0 aliphatic heterocycles. The Labute approximate surface area is 321 Å². The predicted octanol–water partition coefficient (Wildman–Crippen LogP) is 12.0. The summed E-state index contributed by atoms with van der Waals surface area (Å²) in [7, 11) is 0. The van der Waals surface area contributed by atoms with Crippen LogP contribution in [0.1, 0.15) is 0 Å². The fourth-order valence-corrected chi connectivity index (χ4v) is 7.71. The van der Waals surface area contributed by atoms with Gasteiger partial charge in [0.1, 0.15) is 5.58 Å². The summed E-state index contributed by atoms with van der Waals surface area (Å²) in [6.07, 6.45) is 0. The summed E-state index contributed by atoms with van der Waals surface area (Å²) in [6, 6.07) is 61.6. The van der Waals surface area contributed by atoms with Crippen LogP contribution in [-0.2, 0) is 0 Å². The number of hydrogen-bond donors (Lipinski definition) is 0. The van der Waals surface area contributed by atoms with Crippen LogP contribution in [0, 0.1) is 0 Å².